The molecule has 8 nitrogen and oxygen atoms in total. The summed E-state index contributed by atoms with van der Waals surface area (Å²) < 4.78 is 5.40. The molecular formula is C22H28N6O2. The molecule has 0 radical (unpaired) electrons. The van der Waals surface area contributed by atoms with E-state index in [4.69, 9.17) is 4.74 Å². The predicted octanol–water partition coefficient (Wildman–Crippen LogP) is 2.68. The number of hydrogen-bond acceptors (Lipinski definition) is 7. The number of aliphatic hydroxyl groups is 1. The lowest BCUT2D eigenvalue weighted by Crippen LogP contribution is -2.39. The molecule has 0 aliphatic carbocycles. The Kier molecular flexibility index (Phi) is 6.58. The van der Waals surface area contributed by atoms with Crippen molar-refractivity contribution in [2.24, 2.45) is 0 Å². The highest BCUT2D eigenvalue weighted by Crippen LogP contribution is 2.27. The number of aryl methyl sites for hydroxylation is 1. The topological polar surface area (TPSA) is 98.3 Å². The maximum Gasteiger partial charge on any atom is 0.153 e. The molecule has 158 valence electrons. The van der Waals surface area contributed by atoms with E-state index in [2.05, 4.69) is 30.7 Å². The van der Waals surface area contributed by atoms with E-state index in [0.29, 0.717) is 17.5 Å². The minimum atomic E-state index is -0.740. The molecule has 4 rings (SSSR count). The maximum absolute atomic E-state index is 10.9. The molecule has 3 heterocycles. The molecule has 0 bridgehead atoms. The van der Waals surface area contributed by atoms with Crippen LogP contribution < -0.4 is 10.6 Å². The van der Waals surface area contributed by atoms with Gasteiger partial charge in [0.1, 0.15) is 17.7 Å². The number of aromatic amines is 1. The van der Waals surface area contributed by atoms with Crippen molar-refractivity contribution in [2.75, 3.05) is 50.0 Å². The van der Waals surface area contributed by atoms with E-state index in [1.165, 1.54) is 0 Å². The summed E-state index contributed by atoms with van der Waals surface area (Å²) in [4.78, 5) is 7.03. The number of nitrogens with zero attached hydrogens (tertiary/aromatic N) is 3. The number of aliphatic hydroxyl groups excluding tert-OH is 1. The van der Waals surface area contributed by atoms with Crippen LogP contribution in [0, 0.1) is 6.92 Å². The van der Waals surface area contributed by atoms with Crippen LogP contribution in [0.15, 0.2) is 48.5 Å². The van der Waals surface area contributed by atoms with Gasteiger partial charge in [0, 0.05) is 37.9 Å². The zero-order chi connectivity index (χ0) is 20.8. The first kappa shape index (κ1) is 20.3. The molecule has 3 aromatic rings. The third-order valence-electron chi connectivity index (χ3n) is 5.08. The summed E-state index contributed by atoms with van der Waals surface area (Å²) in [6.45, 7) is 7.10. The number of rotatable bonds is 8. The molecule has 1 saturated heterocycles. The zero-order valence-electron chi connectivity index (χ0n) is 17.1. The number of nitrogens with one attached hydrogen (secondary N) is 3. The second kappa shape index (κ2) is 9.71. The number of anilines is 3. The molecule has 1 unspecified atom stereocenters. The van der Waals surface area contributed by atoms with Crippen molar-refractivity contribution in [3.05, 3.63) is 65.4 Å². The highest BCUT2D eigenvalue weighted by Gasteiger charge is 2.15. The molecule has 8 heteroatoms. The number of H-pyrrole nitrogens is 1. The first-order valence-electron chi connectivity index (χ1n) is 10.3. The molecule has 1 aliphatic rings. The predicted molar refractivity (Wildman–Crippen MR) is 117 cm³/mol. The van der Waals surface area contributed by atoms with Gasteiger partial charge in [-0.3, -0.25) is 10.00 Å². The van der Waals surface area contributed by atoms with Crippen LogP contribution in [0.2, 0.25) is 0 Å². The average molecular weight is 409 g/mol. The van der Waals surface area contributed by atoms with Crippen molar-refractivity contribution >= 4 is 17.5 Å². The van der Waals surface area contributed by atoms with Crippen LogP contribution in [0.5, 0.6) is 0 Å². The van der Waals surface area contributed by atoms with E-state index in [-0.39, 0.29) is 0 Å². The molecule has 1 aromatic carbocycles. The molecule has 1 atom stereocenters. The molecule has 0 saturated carbocycles. The van der Waals surface area contributed by atoms with Gasteiger partial charge in [0.2, 0.25) is 0 Å². The Bertz CT molecular complexity index is 940. The molecule has 1 aliphatic heterocycles. The number of pyridine rings is 1. The van der Waals surface area contributed by atoms with Gasteiger partial charge in [-0.25, -0.2) is 4.98 Å². The summed E-state index contributed by atoms with van der Waals surface area (Å²) in [5, 5.41) is 24.7. The lowest BCUT2D eigenvalue weighted by Gasteiger charge is -2.26. The van der Waals surface area contributed by atoms with E-state index < -0.39 is 6.10 Å². The number of aromatic nitrogens is 3. The van der Waals surface area contributed by atoms with Gasteiger partial charge in [-0.1, -0.05) is 30.3 Å². The van der Waals surface area contributed by atoms with Gasteiger partial charge in [-0.2, -0.15) is 5.10 Å². The third-order valence-corrected chi connectivity index (χ3v) is 5.08. The maximum atomic E-state index is 10.9. The molecule has 2 aromatic heterocycles. The summed E-state index contributed by atoms with van der Waals surface area (Å²) in [7, 11) is 0. The van der Waals surface area contributed by atoms with Crippen LogP contribution in [0.4, 0.5) is 17.5 Å². The number of hydrogen-bond donors (Lipinski definition) is 4. The van der Waals surface area contributed by atoms with Gasteiger partial charge in [-0.05, 0) is 30.2 Å². The lowest BCUT2D eigenvalue weighted by molar-refractivity contribution is 0.0398. The monoisotopic (exact) mass is 408 g/mol. The standard InChI is InChI=1S/C22H28N6O2/c1-16-13-21(27-26-16)25-20-15-18(22(29)17-5-3-2-4-6-17)14-19(24-20)23-7-8-28-9-11-30-12-10-28/h2-6,13-15,22,29H,7-12H2,1H3,(H3,23,24,25,26,27). The van der Waals surface area contributed by atoms with Crippen LogP contribution >= 0.6 is 0 Å². The summed E-state index contributed by atoms with van der Waals surface area (Å²) >= 11 is 0. The van der Waals surface area contributed by atoms with Crippen molar-refractivity contribution in [2.45, 2.75) is 13.0 Å². The van der Waals surface area contributed by atoms with Crippen molar-refractivity contribution < 1.29 is 9.84 Å². The Labute approximate surface area is 176 Å². The largest absolute Gasteiger partial charge is 0.384 e. The first-order valence-corrected chi connectivity index (χ1v) is 10.3. The van der Waals surface area contributed by atoms with E-state index in [1.54, 1.807) is 0 Å². The zero-order valence-corrected chi connectivity index (χ0v) is 17.1. The molecule has 30 heavy (non-hydrogen) atoms. The fourth-order valence-electron chi connectivity index (χ4n) is 3.47. The van der Waals surface area contributed by atoms with Crippen molar-refractivity contribution in [3.63, 3.8) is 0 Å². The smallest absolute Gasteiger partial charge is 0.153 e. The Hall–Kier alpha value is -2.94. The van der Waals surface area contributed by atoms with E-state index >= 15 is 0 Å². The number of ether oxygens (including phenoxy) is 1. The highest BCUT2D eigenvalue weighted by molar-refractivity contribution is 5.57. The quantitative estimate of drug-likeness (QED) is 0.455. The Morgan fingerprint density at radius 2 is 1.83 bits per heavy atom. The van der Waals surface area contributed by atoms with Crippen molar-refractivity contribution in [1.82, 2.24) is 20.1 Å². The highest BCUT2D eigenvalue weighted by atomic mass is 16.5. The third kappa shape index (κ3) is 5.35. The van der Waals surface area contributed by atoms with Crippen molar-refractivity contribution in [3.8, 4) is 0 Å². The van der Waals surface area contributed by atoms with Gasteiger partial charge in [0.15, 0.2) is 5.82 Å². The molecule has 1 fully saturated rings. The Morgan fingerprint density at radius 3 is 2.57 bits per heavy atom. The van der Waals surface area contributed by atoms with Crippen LogP contribution in [0.25, 0.3) is 0 Å². The molecule has 4 N–H and O–H groups in total. The lowest BCUT2D eigenvalue weighted by atomic mass is 10.0. The first-order chi connectivity index (χ1) is 14.7. The SMILES string of the molecule is Cc1cc(Nc2cc(C(O)c3ccccc3)cc(NCCN3CCOCC3)n2)n[nH]1. The normalized spacial score (nSPS) is 15.7. The second-order valence-corrected chi connectivity index (χ2v) is 7.43. The minimum absolute atomic E-state index is 0.628. The number of morpholine rings is 1. The fourth-order valence-corrected chi connectivity index (χ4v) is 3.47. The van der Waals surface area contributed by atoms with E-state index in [9.17, 15) is 5.11 Å². The van der Waals surface area contributed by atoms with Gasteiger partial charge >= 0.3 is 0 Å². The van der Waals surface area contributed by atoms with E-state index in [1.807, 2.05) is 55.5 Å². The number of benzene rings is 1. The summed E-state index contributed by atoms with van der Waals surface area (Å²) in [6.07, 6.45) is -0.740. The Morgan fingerprint density at radius 1 is 1.07 bits per heavy atom. The second-order valence-electron chi connectivity index (χ2n) is 7.43. The fraction of sp³-hybridized carbons (Fsp3) is 0.364. The van der Waals surface area contributed by atoms with Gasteiger partial charge < -0.3 is 20.5 Å². The van der Waals surface area contributed by atoms with E-state index in [0.717, 1.165) is 56.2 Å². The van der Waals surface area contributed by atoms with Crippen LogP contribution in [-0.2, 0) is 4.74 Å². The summed E-state index contributed by atoms with van der Waals surface area (Å²) in [6, 6.07) is 15.3. The average Bonchev–Trinajstić information content (AvgIpc) is 3.19. The van der Waals surface area contributed by atoms with Crippen LogP contribution in [0.1, 0.15) is 22.9 Å². The minimum Gasteiger partial charge on any atom is -0.384 e. The van der Waals surface area contributed by atoms with Gasteiger partial charge in [-0.15, -0.1) is 0 Å². The Balaban J connectivity index is 1.52. The van der Waals surface area contributed by atoms with Crippen molar-refractivity contribution in [1.29, 1.82) is 0 Å². The summed E-state index contributed by atoms with van der Waals surface area (Å²) in [5.74, 6) is 2.03. The van der Waals surface area contributed by atoms with Crippen LogP contribution in [-0.4, -0.2) is 64.6 Å². The molecular weight excluding hydrogens is 380 g/mol. The molecule has 0 amide bonds. The summed E-state index contributed by atoms with van der Waals surface area (Å²) in [5.41, 5.74) is 2.56. The van der Waals surface area contributed by atoms with Gasteiger partial charge in [0.25, 0.3) is 0 Å². The van der Waals surface area contributed by atoms with Gasteiger partial charge in [0.05, 0.1) is 13.2 Å². The van der Waals surface area contributed by atoms with Crippen LogP contribution in [0.3, 0.4) is 0 Å². The molecule has 0 spiro atoms.